The van der Waals surface area contributed by atoms with Crippen LogP contribution >= 0.6 is 0 Å². The molecule has 4 heteroatoms. The van der Waals surface area contributed by atoms with Crippen molar-refractivity contribution in [2.75, 3.05) is 40.0 Å². The van der Waals surface area contributed by atoms with Gasteiger partial charge in [-0.3, -0.25) is 4.90 Å². The fourth-order valence-corrected chi connectivity index (χ4v) is 2.52. The smallest absolute Gasteiger partial charge is 0.0900 e. The average molecular weight is 245 g/mol. The maximum atomic E-state index is 9.90. The van der Waals surface area contributed by atoms with E-state index in [4.69, 9.17) is 9.47 Å². The van der Waals surface area contributed by atoms with Crippen molar-refractivity contribution in [3.05, 3.63) is 0 Å². The summed E-state index contributed by atoms with van der Waals surface area (Å²) in [6.45, 7) is 7.90. The van der Waals surface area contributed by atoms with Gasteiger partial charge in [-0.2, -0.15) is 0 Å². The molecule has 0 bridgehead atoms. The monoisotopic (exact) mass is 245 g/mol. The van der Waals surface area contributed by atoms with E-state index in [0.717, 1.165) is 13.1 Å². The van der Waals surface area contributed by atoms with Gasteiger partial charge in [0.15, 0.2) is 0 Å². The van der Waals surface area contributed by atoms with Gasteiger partial charge in [0.2, 0.25) is 0 Å². The van der Waals surface area contributed by atoms with Crippen LogP contribution in [0.1, 0.15) is 26.7 Å². The van der Waals surface area contributed by atoms with Gasteiger partial charge in [0.05, 0.1) is 25.9 Å². The minimum Gasteiger partial charge on any atom is -0.389 e. The summed E-state index contributed by atoms with van der Waals surface area (Å²) < 4.78 is 10.2. The molecule has 0 radical (unpaired) electrons. The van der Waals surface area contributed by atoms with E-state index in [1.54, 1.807) is 7.11 Å². The van der Waals surface area contributed by atoms with E-state index >= 15 is 0 Å². The van der Waals surface area contributed by atoms with Gasteiger partial charge in [-0.15, -0.1) is 0 Å². The normalized spacial score (nSPS) is 23.5. The Balaban J connectivity index is 2.18. The molecular formula is C13H27NO3. The number of nitrogens with zero attached hydrogens (tertiary/aromatic N) is 1. The molecule has 1 aliphatic heterocycles. The van der Waals surface area contributed by atoms with Crippen molar-refractivity contribution in [1.29, 1.82) is 0 Å². The van der Waals surface area contributed by atoms with E-state index in [1.165, 1.54) is 12.8 Å². The number of hydrogen-bond acceptors (Lipinski definition) is 4. The first kappa shape index (κ1) is 14.9. The third kappa shape index (κ3) is 5.34. The molecule has 4 nitrogen and oxygen atoms in total. The number of rotatable bonds is 8. The van der Waals surface area contributed by atoms with E-state index in [9.17, 15) is 5.11 Å². The molecule has 17 heavy (non-hydrogen) atoms. The van der Waals surface area contributed by atoms with Crippen LogP contribution < -0.4 is 0 Å². The van der Waals surface area contributed by atoms with Gasteiger partial charge in [0, 0.05) is 19.7 Å². The Bertz CT molecular complexity index is 199. The van der Waals surface area contributed by atoms with E-state index in [0.29, 0.717) is 31.8 Å². The zero-order chi connectivity index (χ0) is 12.7. The first-order chi connectivity index (χ1) is 8.15. The quantitative estimate of drug-likeness (QED) is 0.651. The van der Waals surface area contributed by atoms with Gasteiger partial charge in [0.1, 0.15) is 0 Å². The Morgan fingerprint density at radius 1 is 1.35 bits per heavy atom. The van der Waals surface area contributed by atoms with Crippen molar-refractivity contribution in [3.63, 3.8) is 0 Å². The van der Waals surface area contributed by atoms with Gasteiger partial charge in [0.25, 0.3) is 0 Å². The van der Waals surface area contributed by atoms with E-state index in [1.807, 2.05) is 0 Å². The molecule has 2 atom stereocenters. The van der Waals surface area contributed by atoms with Crippen molar-refractivity contribution in [3.8, 4) is 0 Å². The number of ether oxygens (including phenoxy) is 2. The molecule has 0 aliphatic carbocycles. The van der Waals surface area contributed by atoms with E-state index in [2.05, 4.69) is 18.7 Å². The largest absolute Gasteiger partial charge is 0.389 e. The van der Waals surface area contributed by atoms with Gasteiger partial charge < -0.3 is 14.6 Å². The lowest BCUT2D eigenvalue weighted by molar-refractivity contribution is -0.00429. The molecule has 1 heterocycles. The highest BCUT2D eigenvalue weighted by Gasteiger charge is 2.28. The summed E-state index contributed by atoms with van der Waals surface area (Å²) in [5.74, 6) is 0.666. The first-order valence-electron chi connectivity index (χ1n) is 6.64. The van der Waals surface area contributed by atoms with Crippen molar-refractivity contribution in [2.45, 2.75) is 38.8 Å². The molecule has 0 amide bonds. The highest BCUT2D eigenvalue weighted by Crippen LogP contribution is 2.23. The van der Waals surface area contributed by atoms with Crippen LogP contribution in [0.3, 0.4) is 0 Å². The second-order valence-electron chi connectivity index (χ2n) is 5.17. The fourth-order valence-electron chi connectivity index (χ4n) is 2.52. The number of aliphatic hydroxyl groups excluding tert-OH is 1. The number of methoxy groups -OCH3 is 1. The lowest BCUT2D eigenvalue weighted by Crippen LogP contribution is -2.40. The highest BCUT2D eigenvalue weighted by molar-refractivity contribution is 4.82. The zero-order valence-corrected chi connectivity index (χ0v) is 11.4. The fraction of sp³-hybridized carbons (Fsp3) is 1.00. The SMILES string of the molecule is COCCOCC(O)CN1CCCC1C(C)C. The topological polar surface area (TPSA) is 41.9 Å². The molecule has 1 saturated heterocycles. The molecular weight excluding hydrogens is 218 g/mol. The molecule has 0 saturated carbocycles. The summed E-state index contributed by atoms with van der Waals surface area (Å²) in [4.78, 5) is 2.40. The number of likely N-dealkylation sites (tertiary alicyclic amines) is 1. The summed E-state index contributed by atoms with van der Waals surface area (Å²) in [5, 5.41) is 9.90. The Labute approximate surface area is 105 Å². The van der Waals surface area contributed by atoms with Crippen LogP contribution in [0.4, 0.5) is 0 Å². The van der Waals surface area contributed by atoms with E-state index in [-0.39, 0.29) is 6.10 Å². The third-order valence-electron chi connectivity index (χ3n) is 3.37. The van der Waals surface area contributed by atoms with Crippen molar-refractivity contribution >= 4 is 0 Å². The Hall–Kier alpha value is -0.160. The van der Waals surface area contributed by atoms with Crippen LogP contribution in [0, 0.1) is 5.92 Å². The summed E-state index contributed by atoms with van der Waals surface area (Å²) in [7, 11) is 1.65. The Morgan fingerprint density at radius 2 is 2.12 bits per heavy atom. The van der Waals surface area contributed by atoms with Crippen LogP contribution in [-0.2, 0) is 9.47 Å². The van der Waals surface area contributed by atoms with Crippen LogP contribution in [-0.4, -0.2) is 62.2 Å². The maximum absolute atomic E-state index is 9.90. The predicted octanol–water partition coefficient (Wildman–Crippen LogP) is 1.13. The molecule has 2 unspecified atom stereocenters. The first-order valence-corrected chi connectivity index (χ1v) is 6.64. The molecule has 0 aromatic rings. The Morgan fingerprint density at radius 3 is 2.76 bits per heavy atom. The molecule has 0 aromatic carbocycles. The van der Waals surface area contributed by atoms with Crippen molar-refractivity contribution in [2.24, 2.45) is 5.92 Å². The molecule has 1 fully saturated rings. The Kier molecular flexibility index (Phi) is 7.04. The maximum Gasteiger partial charge on any atom is 0.0900 e. The number of aliphatic hydroxyl groups is 1. The van der Waals surface area contributed by atoms with Gasteiger partial charge >= 0.3 is 0 Å². The minimum atomic E-state index is -0.383. The summed E-state index contributed by atoms with van der Waals surface area (Å²) >= 11 is 0. The van der Waals surface area contributed by atoms with E-state index < -0.39 is 0 Å². The predicted molar refractivity (Wildman–Crippen MR) is 68.1 cm³/mol. The highest BCUT2D eigenvalue weighted by atomic mass is 16.5. The van der Waals surface area contributed by atoms with Gasteiger partial charge in [-0.25, -0.2) is 0 Å². The molecule has 1 N–H and O–H groups in total. The second-order valence-corrected chi connectivity index (χ2v) is 5.17. The van der Waals surface area contributed by atoms with Crippen molar-refractivity contribution < 1.29 is 14.6 Å². The summed E-state index contributed by atoms with van der Waals surface area (Å²) in [5.41, 5.74) is 0. The average Bonchev–Trinajstić information content (AvgIpc) is 2.72. The van der Waals surface area contributed by atoms with Crippen LogP contribution in [0.5, 0.6) is 0 Å². The number of hydrogen-bond donors (Lipinski definition) is 1. The van der Waals surface area contributed by atoms with Gasteiger partial charge in [-0.05, 0) is 25.3 Å². The van der Waals surface area contributed by atoms with Crippen molar-refractivity contribution in [1.82, 2.24) is 4.90 Å². The third-order valence-corrected chi connectivity index (χ3v) is 3.37. The second kappa shape index (κ2) is 8.03. The lowest BCUT2D eigenvalue weighted by Gasteiger charge is -2.29. The number of β-amino-alcohol motifs (C(OH)–C–C–N with tert-alkyl or cyclic N) is 1. The van der Waals surface area contributed by atoms with Crippen LogP contribution in [0.15, 0.2) is 0 Å². The standard InChI is InChI=1S/C13H27NO3/c1-11(2)13-5-4-6-14(13)9-12(15)10-17-8-7-16-3/h11-13,15H,4-10H2,1-3H3. The molecule has 1 rings (SSSR count). The van der Waals surface area contributed by atoms with Gasteiger partial charge in [-0.1, -0.05) is 13.8 Å². The lowest BCUT2D eigenvalue weighted by atomic mass is 10.0. The molecule has 0 aromatic heterocycles. The summed E-state index contributed by atoms with van der Waals surface area (Å²) in [6.07, 6.45) is 2.13. The molecule has 0 spiro atoms. The van der Waals surface area contributed by atoms with Crippen LogP contribution in [0.25, 0.3) is 0 Å². The molecule has 102 valence electrons. The zero-order valence-electron chi connectivity index (χ0n) is 11.4. The minimum absolute atomic E-state index is 0.383. The van der Waals surface area contributed by atoms with Crippen LogP contribution in [0.2, 0.25) is 0 Å². The summed E-state index contributed by atoms with van der Waals surface area (Å²) in [6, 6.07) is 0.628. The molecule has 1 aliphatic rings.